The minimum Gasteiger partial charge on any atom is -0.543 e. The van der Waals surface area contributed by atoms with E-state index in [1.54, 1.807) is 24.3 Å². The molecule has 234 valence electrons. The molecule has 6 amide bonds. The monoisotopic (exact) mass is 660 g/mol. The molecule has 0 saturated carbocycles. The standard InChI is InChI=1S/C29H27FN6O8S.Na/c1-16(37)44-14-19-15-45-26-23(25(39)36(26)24(19)27(40)41)33-22(38)12-18-3-2-4-21(11-18)32-28(42)34-9-10-35(29(34)43)31-13-17-5-7-20(30)8-6-17;/h2-8,11,13,23,26H,9-10,12,14-15H2,1H3,(H,32,42)(H,33,38)(H,40,41);/q;+1/p-1/t23?,26-;/m0./s1. The van der Waals surface area contributed by atoms with Gasteiger partial charge in [0.25, 0.3) is 5.91 Å². The number of fused-ring (bicyclic) bond motifs is 1. The van der Waals surface area contributed by atoms with Gasteiger partial charge in [-0.3, -0.25) is 19.3 Å². The van der Waals surface area contributed by atoms with Gasteiger partial charge in [0.15, 0.2) is 0 Å². The molecule has 3 heterocycles. The van der Waals surface area contributed by atoms with Crippen molar-refractivity contribution in [2.24, 2.45) is 5.10 Å². The second-order valence-corrected chi connectivity index (χ2v) is 11.2. The Balaban J connectivity index is 0.00000480. The summed E-state index contributed by atoms with van der Waals surface area (Å²) >= 11 is 1.22. The number of benzene rings is 2. The number of halogens is 1. The van der Waals surface area contributed by atoms with E-state index >= 15 is 0 Å². The second-order valence-electron chi connectivity index (χ2n) is 10.1. The molecule has 17 heteroatoms. The molecule has 2 N–H and O–H groups in total. The van der Waals surface area contributed by atoms with E-state index < -0.39 is 53.0 Å². The van der Waals surface area contributed by atoms with E-state index in [2.05, 4.69) is 15.7 Å². The molecular weight excluding hydrogens is 634 g/mol. The van der Waals surface area contributed by atoms with Crippen LogP contribution in [-0.2, 0) is 30.3 Å². The fraction of sp³-hybridized carbons (Fsp3) is 0.276. The number of rotatable bonds is 9. The largest absolute Gasteiger partial charge is 1.00 e. The van der Waals surface area contributed by atoms with E-state index in [-0.39, 0.29) is 72.7 Å². The van der Waals surface area contributed by atoms with Crippen molar-refractivity contribution in [3.63, 3.8) is 0 Å². The van der Waals surface area contributed by atoms with Gasteiger partial charge >= 0.3 is 47.6 Å². The summed E-state index contributed by atoms with van der Waals surface area (Å²) in [6, 6.07) is 9.60. The Morgan fingerprint density at radius 1 is 1.13 bits per heavy atom. The topological polar surface area (TPSA) is 181 Å². The van der Waals surface area contributed by atoms with E-state index in [4.69, 9.17) is 4.74 Å². The van der Waals surface area contributed by atoms with Crippen molar-refractivity contribution in [1.29, 1.82) is 0 Å². The van der Waals surface area contributed by atoms with Crippen LogP contribution in [0.1, 0.15) is 18.1 Å². The predicted molar refractivity (Wildman–Crippen MR) is 156 cm³/mol. The van der Waals surface area contributed by atoms with E-state index in [1.165, 1.54) is 49.2 Å². The summed E-state index contributed by atoms with van der Waals surface area (Å²) in [5.74, 6) is -3.56. The van der Waals surface area contributed by atoms with Crippen LogP contribution in [0.15, 0.2) is 64.9 Å². The van der Waals surface area contributed by atoms with E-state index in [1.807, 2.05) is 0 Å². The molecule has 2 aromatic carbocycles. The molecule has 14 nitrogen and oxygen atoms in total. The Bertz CT molecular complexity index is 1640. The van der Waals surface area contributed by atoms with Crippen LogP contribution in [-0.4, -0.2) is 93.7 Å². The first-order valence-corrected chi connectivity index (χ1v) is 14.7. The van der Waals surface area contributed by atoms with Crippen molar-refractivity contribution >= 4 is 59.5 Å². The number of anilines is 1. The van der Waals surface area contributed by atoms with E-state index in [0.29, 0.717) is 16.8 Å². The number of aliphatic carboxylic acids is 1. The van der Waals surface area contributed by atoms with E-state index in [9.17, 15) is 38.3 Å². The van der Waals surface area contributed by atoms with Gasteiger partial charge < -0.3 is 25.3 Å². The van der Waals surface area contributed by atoms with Crippen LogP contribution in [0.25, 0.3) is 0 Å². The summed E-state index contributed by atoms with van der Waals surface area (Å²) in [4.78, 5) is 76.1. The van der Waals surface area contributed by atoms with Gasteiger partial charge in [0.05, 0.1) is 37.4 Å². The molecule has 0 bridgehead atoms. The molecule has 0 aromatic heterocycles. The normalized spacial score (nSPS) is 19.0. The maximum atomic E-state index is 13.1. The number of hydrogen-bond donors (Lipinski definition) is 2. The molecule has 0 aliphatic carbocycles. The summed E-state index contributed by atoms with van der Waals surface area (Å²) in [5.41, 5.74) is 1.27. The van der Waals surface area contributed by atoms with Gasteiger partial charge in [0.1, 0.15) is 23.8 Å². The minimum absolute atomic E-state index is 0. The number of nitrogens with one attached hydrogen (secondary N) is 2. The molecule has 2 aromatic rings. The Morgan fingerprint density at radius 2 is 1.87 bits per heavy atom. The summed E-state index contributed by atoms with van der Waals surface area (Å²) in [7, 11) is 0. The number of carbonyl (C=O) groups excluding carboxylic acids is 6. The number of hydrazone groups is 1. The third kappa shape index (κ3) is 7.75. The zero-order valence-electron chi connectivity index (χ0n) is 24.7. The summed E-state index contributed by atoms with van der Waals surface area (Å²) in [5, 5.41) is 21.5. The molecule has 3 aliphatic rings. The average molecular weight is 661 g/mol. The van der Waals surface area contributed by atoms with Crippen molar-refractivity contribution in [1.82, 2.24) is 20.1 Å². The van der Waals surface area contributed by atoms with Gasteiger partial charge in [-0.15, -0.1) is 11.8 Å². The quantitative estimate of drug-likeness (QED) is 0.129. The second kappa shape index (κ2) is 14.9. The van der Waals surface area contributed by atoms with Crippen LogP contribution >= 0.6 is 11.8 Å². The summed E-state index contributed by atoms with van der Waals surface area (Å²) in [6.45, 7) is 1.13. The van der Waals surface area contributed by atoms with Crippen LogP contribution < -0.4 is 45.3 Å². The van der Waals surface area contributed by atoms with Gasteiger partial charge in [-0.2, -0.15) is 5.10 Å². The number of hydrogen-bond acceptors (Lipinski definition) is 10. The molecule has 46 heavy (non-hydrogen) atoms. The molecule has 0 spiro atoms. The van der Waals surface area contributed by atoms with Crippen molar-refractivity contribution in [3.8, 4) is 0 Å². The molecular formula is C29H26FN6NaO8S. The molecule has 5 rings (SSSR count). The first-order valence-electron chi connectivity index (χ1n) is 13.6. The number of esters is 1. The average Bonchev–Trinajstić information content (AvgIpc) is 3.38. The predicted octanol–water partition coefficient (Wildman–Crippen LogP) is -2.36. The number of urea groups is 2. The fourth-order valence-corrected chi connectivity index (χ4v) is 6.16. The molecule has 3 aliphatic heterocycles. The Morgan fingerprint density at radius 3 is 2.57 bits per heavy atom. The zero-order valence-corrected chi connectivity index (χ0v) is 27.5. The number of carbonyl (C=O) groups is 6. The van der Waals surface area contributed by atoms with Gasteiger partial charge in [0, 0.05) is 23.9 Å². The maximum Gasteiger partial charge on any atom is 1.00 e. The first kappa shape index (κ1) is 34.6. The number of β-lactam (4-membered cyclic amide) rings is 1. The van der Waals surface area contributed by atoms with Crippen LogP contribution in [0.2, 0.25) is 0 Å². The van der Waals surface area contributed by atoms with Gasteiger partial charge in [0.2, 0.25) is 5.91 Å². The molecule has 2 fully saturated rings. The zero-order chi connectivity index (χ0) is 32.2. The minimum atomic E-state index is -1.58. The number of ether oxygens (including phenoxy) is 1. The smallest absolute Gasteiger partial charge is 0.543 e. The van der Waals surface area contributed by atoms with Gasteiger partial charge in [-0.05, 0) is 35.4 Å². The van der Waals surface area contributed by atoms with Crippen LogP contribution in [0.3, 0.4) is 0 Å². The Hall–Kier alpha value is -4.25. The number of carboxylic acid groups (broad SMARTS) is 1. The number of imide groups is 1. The van der Waals surface area contributed by atoms with Crippen molar-refractivity contribution in [2.75, 3.05) is 30.8 Å². The maximum absolute atomic E-state index is 13.1. The van der Waals surface area contributed by atoms with Crippen molar-refractivity contribution in [3.05, 3.63) is 76.7 Å². The van der Waals surface area contributed by atoms with Gasteiger partial charge in [-0.1, -0.05) is 24.3 Å². The first-order chi connectivity index (χ1) is 21.5. The molecule has 2 saturated heterocycles. The number of thioether (sulfide) groups is 1. The van der Waals surface area contributed by atoms with Crippen LogP contribution in [0.5, 0.6) is 0 Å². The Labute approximate surface area is 288 Å². The molecule has 0 radical (unpaired) electrons. The third-order valence-corrected chi connectivity index (χ3v) is 8.34. The number of amides is 6. The van der Waals surface area contributed by atoms with E-state index in [0.717, 1.165) is 14.8 Å². The van der Waals surface area contributed by atoms with Crippen molar-refractivity contribution in [2.45, 2.75) is 24.8 Å². The number of nitrogens with zero attached hydrogens (tertiary/aromatic N) is 4. The number of carboxylic acids is 1. The SMILES string of the molecule is CC(=O)OCC1=C(C(=O)[O-])N2C(=O)C(NC(=O)Cc3cccc(NC(=O)N4CCN(N=Cc5ccc(F)cc5)C4=O)c3)[C@@H]2SC1.[Na+]. The molecule has 2 atom stereocenters. The van der Waals surface area contributed by atoms with Crippen LogP contribution in [0.4, 0.5) is 19.7 Å². The summed E-state index contributed by atoms with van der Waals surface area (Å²) in [6.07, 6.45) is 1.23. The van der Waals surface area contributed by atoms with Crippen molar-refractivity contribution < 1.29 is 72.6 Å². The fourth-order valence-electron chi connectivity index (χ4n) is 4.84. The van der Waals surface area contributed by atoms with Gasteiger partial charge in [-0.25, -0.2) is 23.9 Å². The summed E-state index contributed by atoms with van der Waals surface area (Å²) < 4.78 is 18.0. The molecule has 1 unspecified atom stereocenters. The Kier molecular flexibility index (Phi) is 11.2. The third-order valence-electron chi connectivity index (χ3n) is 7.00. The van der Waals surface area contributed by atoms with Crippen LogP contribution in [0, 0.1) is 5.82 Å².